The minimum absolute atomic E-state index is 0.0242. The van der Waals surface area contributed by atoms with Crippen molar-refractivity contribution in [2.75, 3.05) is 12.4 Å². The molecule has 1 atom stereocenters. The van der Waals surface area contributed by atoms with Gasteiger partial charge in [0.25, 0.3) is 0 Å². The van der Waals surface area contributed by atoms with Crippen molar-refractivity contribution in [2.24, 2.45) is 5.14 Å². The molecule has 0 saturated carbocycles. The Kier molecular flexibility index (Phi) is 6.31. The van der Waals surface area contributed by atoms with E-state index in [-0.39, 0.29) is 4.90 Å². The lowest BCUT2D eigenvalue weighted by Gasteiger charge is -2.10. The lowest BCUT2D eigenvalue weighted by atomic mass is 10.3. The molecule has 8 heteroatoms. The second kappa shape index (κ2) is 7.51. The van der Waals surface area contributed by atoms with E-state index < -0.39 is 21.2 Å². The summed E-state index contributed by atoms with van der Waals surface area (Å²) in [6.07, 6.45) is 0.559. The monoisotopic (exact) mass is 319 g/mol. The maximum absolute atomic E-state index is 11.1. The van der Waals surface area contributed by atoms with E-state index in [9.17, 15) is 13.2 Å². The van der Waals surface area contributed by atoms with Gasteiger partial charge in [-0.3, -0.25) is 4.79 Å². The number of primary sulfonamides is 1. The van der Waals surface area contributed by atoms with E-state index in [1.54, 1.807) is 0 Å². The number of sulfonamides is 1. The van der Waals surface area contributed by atoms with Gasteiger partial charge < -0.3 is 9.84 Å². The first-order valence-corrected chi connectivity index (χ1v) is 8.54. The number of carboxylic acid groups (broad SMARTS) is 1. The Morgan fingerprint density at radius 1 is 1.40 bits per heavy atom. The molecule has 1 unspecified atom stereocenters. The van der Waals surface area contributed by atoms with E-state index in [0.29, 0.717) is 24.5 Å². The summed E-state index contributed by atoms with van der Waals surface area (Å²) < 4.78 is 27.5. The highest BCUT2D eigenvalue weighted by molar-refractivity contribution is 8.00. The number of carbonyl (C=O) groups is 1. The van der Waals surface area contributed by atoms with Crippen LogP contribution in [0.4, 0.5) is 0 Å². The second-order valence-electron chi connectivity index (χ2n) is 3.97. The van der Waals surface area contributed by atoms with E-state index in [1.807, 2.05) is 6.92 Å². The first kappa shape index (κ1) is 16.8. The molecule has 0 bridgehead atoms. The molecule has 0 radical (unpaired) electrons. The Hall–Kier alpha value is -1.25. The molecule has 20 heavy (non-hydrogen) atoms. The molecule has 112 valence electrons. The molecule has 3 N–H and O–H groups in total. The van der Waals surface area contributed by atoms with Crippen LogP contribution in [0.2, 0.25) is 0 Å². The van der Waals surface area contributed by atoms with Crippen LogP contribution in [0.15, 0.2) is 29.2 Å². The average Bonchev–Trinajstić information content (AvgIpc) is 2.38. The van der Waals surface area contributed by atoms with Crippen LogP contribution in [0.3, 0.4) is 0 Å². The number of ether oxygens (including phenoxy) is 1. The maximum atomic E-state index is 11.1. The number of aliphatic carboxylic acids is 1. The molecule has 0 aliphatic rings. The number of rotatable bonds is 8. The molecule has 0 heterocycles. The third-order valence-corrected chi connectivity index (χ3v) is 4.74. The first-order valence-electron chi connectivity index (χ1n) is 5.94. The summed E-state index contributed by atoms with van der Waals surface area (Å²) in [7, 11) is -3.69. The standard InChI is InChI=1S/C12H17NO5S2/c1-2-11(12(14)15)19-8-7-18-9-3-5-10(6-4-9)20(13,16)17/h3-6,11H,2,7-8H2,1H3,(H,14,15)(H2,13,16,17). The van der Waals surface area contributed by atoms with Gasteiger partial charge in [0.05, 0.1) is 11.5 Å². The molecule has 0 amide bonds. The van der Waals surface area contributed by atoms with Crippen LogP contribution in [0.1, 0.15) is 13.3 Å². The quantitative estimate of drug-likeness (QED) is 0.700. The molecule has 1 aromatic rings. The lowest BCUT2D eigenvalue weighted by molar-refractivity contribution is -0.136. The van der Waals surface area contributed by atoms with Crippen LogP contribution in [0.25, 0.3) is 0 Å². The zero-order valence-corrected chi connectivity index (χ0v) is 12.6. The van der Waals surface area contributed by atoms with Crippen molar-refractivity contribution < 1.29 is 23.1 Å². The Labute approximate surface area is 122 Å². The smallest absolute Gasteiger partial charge is 0.316 e. The normalized spacial score (nSPS) is 12.9. The minimum Gasteiger partial charge on any atom is -0.493 e. The molecule has 0 aliphatic carbocycles. The molecular formula is C12H17NO5S2. The maximum Gasteiger partial charge on any atom is 0.316 e. The van der Waals surface area contributed by atoms with E-state index in [2.05, 4.69) is 0 Å². The summed E-state index contributed by atoms with van der Waals surface area (Å²) in [6.45, 7) is 2.17. The molecule has 6 nitrogen and oxygen atoms in total. The van der Waals surface area contributed by atoms with Crippen molar-refractivity contribution in [1.29, 1.82) is 0 Å². The fourth-order valence-electron chi connectivity index (χ4n) is 1.44. The Morgan fingerprint density at radius 2 is 2.00 bits per heavy atom. The second-order valence-corrected chi connectivity index (χ2v) is 6.84. The van der Waals surface area contributed by atoms with Gasteiger partial charge in [-0.2, -0.15) is 0 Å². The number of hydrogen-bond acceptors (Lipinski definition) is 5. The largest absolute Gasteiger partial charge is 0.493 e. The van der Waals surface area contributed by atoms with E-state index in [0.717, 1.165) is 0 Å². The molecule has 1 aromatic carbocycles. The van der Waals surface area contributed by atoms with Crippen molar-refractivity contribution >= 4 is 27.8 Å². The molecule has 0 aliphatic heterocycles. The molecule has 0 aromatic heterocycles. The fourth-order valence-corrected chi connectivity index (χ4v) is 2.80. The molecule has 0 spiro atoms. The van der Waals surface area contributed by atoms with Crippen LogP contribution >= 0.6 is 11.8 Å². The summed E-state index contributed by atoms with van der Waals surface area (Å²) in [5.41, 5.74) is 0. The van der Waals surface area contributed by atoms with Gasteiger partial charge in [0.2, 0.25) is 10.0 Å². The predicted octanol–water partition coefficient (Wildman–Crippen LogP) is 1.31. The van der Waals surface area contributed by atoms with Crippen LogP contribution in [0, 0.1) is 0 Å². The van der Waals surface area contributed by atoms with Crippen LogP contribution in [-0.2, 0) is 14.8 Å². The number of carboxylic acids is 1. The SMILES string of the molecule is CCC(SCCOc1ccc(S(N)(=O)=O)cc1)C(=O)O. The van der Waals surface area contributed by atoms with Gasteiger partial charge in [0, 0.05) is 5.75 Å². The third-order valence-electron chi connectivity index (χ3n) is 2.47. The zero-order chi connectivity index (χ0) is 15.2. The molecule has 1 rings (SSSR count). The van der Waals surface area contributed by atoms with Crippen LogP contribution < -0.4 is 9.88 Å². The third kappa shape index (κ3) is 5.40. The Balaban J connectivity index is 2.41. The molecule has 0 fully saturated rings. The first-order chi connectivity index (χ1) is 9.34. The van der Waals surface area contributed by atoms with Crippen LogP contribution in [0.5, 0.6) is 5.75 Å². The van der Waals surface area contributed by atoms with Gasteiger partial charge in [-0.1, -0.05) is 6.92 Å². The van der Waals surface area contributed by atoms with Gasteiger partial charge in [0.15, 0.2) is 0 Å². The highest BCUT2D eigenvalue weighted by Gasteiger charge is 2.14. The highest BCUT2D eigenvalue weighted by Crippen LogP contribution is 2.17. The summed E-state index contributed by atoms with van der Waals surface area (Å²) in [4.78, 5) is 10.8. The number of hydrogen-bond donors (Lipinski definition) is 2. The Morgan fingerprint density at radius 3 is 2.45 bits per heavy atom. The minimum atomic E-state index is -3.69. The highest BCUT2D eigenvalue weighted by atomic mass is 32.2. The number of benzene rings is 1. The zero-order valence-electron chi connectivity index (χ0n) is 11.0. The van der Waals surface area contributed by atoms with Gasteiger partial charge in [-0.05, 0) is 30.7 Å². The molecular weight excluding hydrogens is 302 g/mol. The van der Waals surface area contributed by atoms with Gasteiger partial charge in [0.1, 0.15) is 11.0 Å². The molecule has 0 saturated heterocycles. The van der Waals surface area contributed by atoms with Gasteiger partial charge in [-0.15, -0.1) is 11.8 Å². The summed E-state index contributed by atoms with van der Waals surface area (Å²) in [5, 5.41) is 13.4. The fraction of sp³-hybridized carbons (Fsp3) is 0.417. The number of thioether (sulfide) groups is 1. The van der Waals surface area contributed by atoms with E-state index in [4.69, 9.17) is 15.0 Å². The number of nitrogens with two attached hydrogens (primary N) is 1. The summed E-state index contributed by atoms with van der Waals surface area (Å²) >= 11 is 1.32. The van der Waals surface area contributed by atoms with Crippen molar-refractivity contribution in [3.8, 4) is 5.75 Å². The van der Waals surface area contributed by atoms with Gasteiger partial charge >= 0.3 is 5.97 Å². The summed E-state index contributed by atoms with van der Waals surface area (Å²) in [6, 6.07) is 5.76. The lowest BCUT2D eigenvalue weighted by Crippen LogP contribution is -2.17. The van der Waals surface area contributed by atoms with Gasteiger partial charge in [-0.25, -0.2) is 13.6 Å². The van der Waals surface area contributed by atoms with Crippen molar-refractivity contribution in [3.63, 3.8) is 0 Å². The Bertz CT molecular complexity index is 541. The van der Waals surface area contributed by atoms with Crippen LogP contribution in [-0.4, -0.2) is 37.1 Å². The summed E-state index contributed by atoms with van der Waals surface area (Å²) in [5.74, 6) is 0.234. The van der Waals surface area contributed by atoms with Crippen molar-refractivity contribution in [2.45, 2.75) is 23.5 Å². The van der Waals surface area contributed by atoms with Crippen molar-refractivity contribution in [1.82, 2.24) is 0 Å². The van der Waals surface area contributed by atoms with Crippen molar-refractivity contribution in [3.05, 3.63) is 24.3 Å². The van der Waals surface area contributed by atoms with E-state index in [1.165, 1.54) is 36.0 Å². The average molecular weight is 319 g/mol. The van der Waals surface area contributed by atoms with E-state index >= 15 is 0 Å². The topological polar surface area (TPSA) is 107 Å². The predicted molar refractivity (Wildman–Crippen MR) is 77.5 cm³/mol.